The topological polar surface area (TPSA) is 44.8 Å². The lowest BCUT2D eigenvalue weighted by atomic mass is 10.1. The smallest absolute Gasteiger partial charge is 0.204 e. The van der Waals surface area contributed by atoms with Gasteiger partial charge in [0.05, 0.1) is 13.7 Å². The molecule has 0 spiro atoms. The van der Waals surface area contributed by atoms with Crippen LogP contribution < -0.4 is 14.2 Å². The van der Waals surface area contributed by atoms with Crippen molar-refractivity contribution >= 4 is 6.29 Å². The molecule has 116 valence electrons. The predicted molar refractivity (Wildman–Crippen MR) is 85.5 cm³/mol. The van der Waals surface area contributed by atoms with Crippen LogP contribution in [-0.2, 0) is 0 Å². The van der Waals surface area contributed by atoms with Crippen LogP contribution >= 0.6 is 0 Å². The number of benzene rings is 2. The Morgan fingerprint density at radius 3 is 2.18 bits per heavy atom. The van der Waals surface area contributed by atoms with Crippen LogP contribution in [0.2, 0.25) is 0 Å². The van der Waals surface area contributed by atoms with Gasteiger partial charge in [0.15, 0.2) is 11.5 Å². The molecule has 0 bridgehead atoms. The Morgan fingerprint density at radius 2 is 1.64 bits per heavy atom. The molecule has 4 nitrogen and oxygen atoms in total. The SMILES string of the molecule is CCOc1c(OC)cc(C=O)cc1Oc1cc(C)cc(C)c1. The fourth-order valence-electron chi connectivity index (χ4n) is 2.30. The highest BCUT2D eigenvalue weighted by atomic mass is 16.5. The van der Waals surface area contributed by atoms with Crippen LogP contribution in [0.4, 0.5) is 0 Å². The number of aryl methyl sites for hydroxylation is 2. The Kier molecular flexibility index (Phi) is 5.04. The Bertz CT molecular complexity index is 657. The lowest BCUT2D eigenvalue weighted by Gasteiger charge is -2.16. The molecule has 4 heteroatoms. The average Bonchev–Trinajstić information content (AvgIpc) is 2.47. The largest absolute Gasteiger partial charge is 0.493 e. The van der Waals surface area contributed by atoms with Crippen LogP contribution in [0.3, 0.4) is 0 Å². The molecule has 0 aliphatic heterocycles. The molecular weight excluding hydrogens is 280 g/mol. The number of hydrogen-bond acceptors (Lipinski definition) is 4. The van der Waals surface area contributed by atoms with Crippen LogP contribution in [0.15, 0.2) is 30.3 Å². The minimum Gasteiger partial charge on any atom is -0.493 e. The fourth-order valence-corrected chi connectivity index (χ4v) is 2.30. The van der Waals surface area contributed by atoms with Crippen molar-refractivity contribution in [1.82, 2.24) is 0 Å². The zero-order chi connectivity index (χ0) is 16.1. The number of ether oxygens (including phenoxy) is 3. The molecule has 0 aliphatic carbocycles. The van der Waals surface area contributed by atoms with Crippen molar-refractivity contribution in [2.75, 3.05) is 13.7 Å². The van der Waals surface area contributed by atoms with E-state index >= 15 is 0 Å². The van der Waals surface area contributed by atoms with E-state index in [4.69, 9.17) is 14.2 Å². The fraction of sp³-hybridized carbons (Fsp3) is 0.278. The second-order valence-electron chi connectivity index (χ2n) is 5.03. The van der Waals surface area contributed by atoms with E-state index < -0.39 is 0 Å². The van der Waals surface area contributed by atoms with E-state index in [-0.39, 0.29) is 0 Å². The highest BCUT2D eigenvalue weighted by Crippen LogP contribution is 2.40. The molecule has 0 aliphatic rings. The van der Waals surface area contributed by atoms with Crippen molar-refractivity contribution in [3.63, 3.8) is 0 Å². The summed E-state index contributed by atoms with van der Waals surface area (Å²) in [5, 5.41) is 0. The molecule has 2 aromatic rings. The normalized spacial score (nSPS) is 10.2. The van der Waals surface area contributed by atoms with E-state index in [2.05, 4.69) is 6.07 Å². The molecule has 0 N–H and O–H groups in total. The van der Waals surface area contributed by atoms with Crippen LogP contribution in [0, 0.1) is 13.8 Å². The summed E-state index contributed by atoms with van der Waals surface area (Å²) in [5.41, 5.74) is 2.68. The first-order valence-corrected chi connectivity index (χ1v) is 7.13. The predicted octanol–water partition coefficient (Wildman–Crippen LogP) is 4.32. The zero-order valence-corrected chi connectivity index (χ0v) is 13.3. The third kappa shape index (κ3) is 3.58. The Balaban J connectivity index is 2.49. The molecule has 0 unspecified atom stereocenters. The second kappa shape index (κ2) is 6.98. The van der Waals surface area contributed by atoms with E-state index in [1.165, 1.54) is 7.11 Å². The number of carbonyl (C=O) groups excluding carboxylic acids is 1. The Hall–Kier alpha value is -2.49. The summed E-state index contributed by atoms with van der Waals surface area (Å²) < 4.78 is 16.9. The summed E-state index contributed by atoms with van der Waals surface area (Å²) in [6, 6.07) is 9.22. The van der Waals surface area contributed by atoms with Gasteiger partial charge in [-0.05, 0) is 56.2 Å². The summed E-state index contributed by atoms with van der Waals surface area (Å²) in [4.78, 5) is 11.1. The molecule has 22 heavy (non-hydrogen) atoms. The van der Waals surface area contributed by atoms with Gasteiger partial charge in [-0.15, -0.1) is 0 Å². The van der Waals surface area contributed by atoms with E-state index in [0.717, 1.165) is 17.4 Å². The maximum Gasteiger partial charge on any atom is 0.204 e. The molecule has 0 fully saturated rings. The van der Waals surface area contributed by atoms with E-state index in [0.29, 0.717) is 35.2 Å². The van der Waals surface area contributed by atoms with Crippen LogP contribution in [-0.4, -0.2) is 20.0 Å². The van der Waals surface area contributed by atoms with Gasteiger partial charge in [0, 0.05) is 5.56 Å². The van der Waals surface area contributed by atoms with Crippen molar-refractivity contribution in [3.05, 3.63) is 47.0 Å². The lowest BCUT2D eigenvalue weighted by Crippen LogP contribution is -2.00. The Morgan fingerprint density at radius 1 is 1.00 bits per heavy atom. The van der Waals surface area contributed by atoms with Crippen molar-refractivity contribution < 1.29 is 19.0 Å². The lowest BCUT2D eigenvalue weighted by molar-refractivity contribution is 0.112. The molecule has 0 saturated heterocycles. The van der Waals surface area contributed by atoms with Crippen molar-refractivity contribution in [1.29, 1.82) is 0 Å². The van der Waals surface area contributed by atoms with E-state index in [1.54, 1.807) is 12.1 Å². The monoisotopic (exact) mass is 300 g/mol. The summed E-state index contributed by atoms with van der Waals surface area (Å²) in [7, 11) is 1.53. The Labute approximate surface area is 130 Å². The highest BCUT2D eigenvalue weighted by molar-refractivity contribution is 5.78. The molecule has 2 aromatic carbocycles. The number of hydrogen-bond donors (Lipinski definition) is 0. The first-order chi connectivity index (χ1) is 10.6. The quantitative estimate of drug-likeness (QED) is 0.745. The maximum absolute atomic E-state index is 11.1. The third-order valence-corrected chi connectivity index (χ3v) is 3.11. The van der Waals surface area contributed by atoms with Crippen molar-refractivity contribution in [3.8, 4) is 23.0 Å². The van der Waals surface area contributed by atoms with Gasteiger partial charge >= 0.3 is 0 Å². The van der Waals surface area contributed by atoms with E-state index in [9.17, 15) is 4.79 Å². The molecule has 0 saturated carbocycles. The molecule has 0 atom stereocenters. The maximum atomic E-state index is 11.1. The number of methoxy groups -OCH3 is 1. The highest BCUT2D eigenvalue weighted by Gasteiger charge is 2.15. The van der Waals surface area contributed by atoms with Gasteiger partial charge in [-0.25, -0.2) is 0 Å². The minimum absolute atomic E-state index is 0.466. The second-order valence-corrected chi connectivity index (χ2v) is 5.03. The molecular formula is C18H20O4. The number of rotatable bonds is 6. The summed E-state index contributed by atoms with van der Waals surface area (Å²) in [5.74, 6) is 2.14. The molecule has 0 heterocycles. The van der Waals surface area contributed by atoms with Crippen LogP contribution in [0.25, 0.3) is 0 Å². The number of carbonyl (C=O) groups is 1. The van der Waals surface area contributed by atoms with E-state index in [1.807, 2.05) is 32.9 Å². The molecule has 0 aromatic heterocycles. The summed E-state index contributed by atoms with van der Waals surface area (Å²) >= 11 is 0. The van der Waals surface area contributed by atoms with Crippen LogP contribution in [0.1, 0.15) is 28.4 Å². The van der Waals surface area contributed by atoms with Gasteiger partial charge in [0.2, 0.25) is 5.75 Å². The molecule has 0 radical (unpaired) electrons. The third-order valence-electron chi connectivity index (χ3n) is 3.11. The summed E-state index contributed by atoms with van der Waals surface area (Å²) in [6.07, 6.45) is 0.757. The van der Waals surface area contributed by atoms with Crippen LogP contribution in [0.5, 0.6) is 23.0 Å². The zero-order valence-electron chi connectivity index (χ0n) is 13.3. The van der Waals surface area contributed by atoms with Gasteiger partial charge in [-0.2, -0.15) is 0 Å². The van der Waals surface area contributed by atoms with Crippen molar-refractivity contribution in [2.45, 2.75) is 20.8 Å². The standard InChI is InChI=1S/C18H20O4/c1-5-21-18-16(20-4)9-14(11-19)10-17(18)22-15-7-12(2)6-13(3)8-15/h6-11H,5H2,1-4H3. The van der Waals surface area contributed by atoms with Gasteiger partial charge < -0.3 is 14.2 Å². The van der Waals surface area contributed by atoms with Gasteiger partial charge in [-0.1, -0.05) is 6.07 Å². The van der Waals surface area contributed by atoms with Gasteiger partial charge in [-0.3, -0.25) is 4.79 Å². The average molecular weight is 300 g/mol. The number of aldehydes is 1. The van der Waals surface area contributed by atoms with Gasteiger partial charge in [0.1, 0.15) is 12.0 Å². The van der Waals surface area contributed by atoms with Crippen molar-refractivity contribution in [2.24, 2.45) is 0 Å². The minimum atomic E-state index is 0.466. The molecule has 2 rings (SSSR count). The molecule has 0 amide bonds. The first kappa shape index (κ1) is 15.9. The van der Waals surface area contributed by atoms with Gasteiger partial charge in [0.25, 0.3) is 0 Å². The summed E-state index contributed by atoms with van der Waals surface area (Å²) in [6.45, 7) is 6.37. The first-order valence-electron chi connectivity index (χ1n) is 7.13.